The number of hydrogen-bond acceptors (Lipinski definition) is 3. The Morgan fingerprint density at radius 2 is 1.50 bits per heavy atom. The van der Waals surface area contributed by atoms with Gasteiger partial charge in [-0.1, -0.05) is 58.8 Å². The number of esters is 1. The first-order valence-electron chi connectivity index (χ1n) is 7.54. The molecule has 0 heterocycles. The fourth-order valence-corrected chi connectivity index (χ4v) is 2.07. The SMILES string of the molecule is CCCCCCCCC(CCCC)OC(=O)CO. The van der Waals surface area contributed by atoms with Gasteiger partial charge in [0.1, 0.15) is 12.7 Å². The van der Waals surface area contributed by atoms with Crippen molar-refractivity contribution in [3.8, 4) is 0 Å². The number of unbranched alkanes of at least 4 members (excludes halogenated alkanes) is 6. The van der Waals surface area contributed by atoms with Gasteiger partial charge in [-0.3, -0.25) is 0 Å². The van der Waals surface area contributed by atoms with Crippen molar-refractivity contribution in [1.82, 2.24) is 0 Å². The number of carbonyl (C=O) groups is 1. The lowest BCUT2D eigenvalue weighted by atomic mass is 10.0. The van der Waals surface area contributed by atoms with Gasteiger partial charge in [0.15, 0.2) is 0 Å². The lowest BCUT2D eigenvalue weighted by Crippen LogP contribution is -2.20. The molecule has 0 saturated carbocycles. The second-order valence-corrected chi connectivity index (χ2v) is 4.97. The monoisotopic (exact) mass is 258 g/mol. The highest BCUT2D eigenvalue weighted by atomic mass is 16.6. The molecule has 3 heteroatoms. The lowest BCUT2D eigenvalue weighted by molar-refractivity contribution is -0.153. The summed E-state index contributed by atoms with van der Waals surface area (Å²) in [5, 5.41) is 8.70. The topological polar surface area (TPSA) is 46.5 Å². The normalized spacial score (nSPS) is 12.4. The highest BCUT2D eigenvalue weighted by Crippen LogP contribution is 2.15. The molecule has 1 atom stereocenters. The summed E-state index contributed by atoms with van der Waals surface area (Å²) in [6.07, 6.45) is 11.6. The number of rotatable bonds is 12. The Labute approximate surface area is 112 Å². The molecule has 0 aliphatic rings. The molecule has 0 aliphatic heterocycles. The van der Waals surface area contributed by atoms with Crippen LogP contribution in [-0.2, 0) is 9.53 Å². The Morgan fingerprint density at radius 1 is 0.944 bits per heavy atom. The zero-order chi connectivity index (χ0) is 13.6. The van der Waals surface area contributed by atoms with E-state index in [1.54, 1.807) is 0 Å². The van der Waals surface area contributed by atoms with E-state index >= 15 is 0 Å². The van der Waals surface area contributed by atoms with Gasteiger partial charge in [-0.2, -0.15) is 0 Å². The first-order chi connectivity index (χ1) is 8.74. The van der Waals surface area contributed by atoms with Crippen LogP contribution in [0.1, 0.15) is 78.1 Å². The zero-order valence-corrected chi connectivity index (χ0v) is 12.1. The Morgan fingerprint density at radius 3 is 2.11 bits per heavy atom. The third-order valence-corrected chi connectivity index (χ3v) is 3.19. The molecule has 18 heavy (non-hydrogen) atoms. The van der Waals surface area contributed by atoms with Gasteiger partial charge in [0, 0.05) is 0 Å². The molecule has 108 valence electrons. The first-order valence-corrected chi connectivity index (χ1v) is 7.54. The molecule has 1 N–H and O–H groups in total. The van der Waals surface area contributed by atoms with E-state index in [9.17, 15) is 4.79 Å². The van der Waals surface area contributed by atoms with Crippen LogP contribution < -0.4 is 0 Å². The lowest BCUT2D eigenvalue weighted by Gasteiger charge is -2.17. The summed E-state index contributed by atoms with van der Waals surface area (Å²) in [6, 6.07) is 0. The van der Waals surface area contributed by atoms with Crippen molar-refractivity contribution in [3.63, 3.8) is 0 Å². The van der Waals surface area contributed by atoms with Gasteiger partial charge < -0.3 is 9.84 Å². The molecule has 0 rings (SSSR count). The molecule has 0 aliphatic carbocycles. The molecule has 0 aromatic carbocycles. The molecule has 0 bridgehead atoms. The fraction of sp³-hybridized carbons (Fsp3) is 0.933. The Balaban J connectivity index is 3.68. The van der Waals surface area contributed by atoms with Crippen LogP contribution in [0.3, 0.4) is 0 Å². The predicted octanol–water partition coefficient (Wildman–Crippen LogP) is 3.83. The summed E-state index contributed by atoms with van der Waals surface area (Å²) in [7, 11) is 0. The quantitative estimate of drug-likeness (QED) is 0.427. The average Bonchev–Trinajstić information content (AvgIpc) is 2.39. The van der Waals surface area contributed by atoms with E-state index in [0.717, 1.165) is 32.1 Å². The van der Waals surface area contributed by atoms with Crippen LogP contribution in [0.5, 0.6) is 0 Å². The Kier molecular flexibility index (Phi) is 12.5. The van der Waals surface area contributed by atoms with E-state index in [1.165, 1.54) is 32.1 Å². The summed E-state index contributed by atoms with van der Waals surface area (Å²) in [5.74, 6) is -0.484. The maximum Gasteiger partial charge on any atom is 0.332 e. The van der Waals surface area contributed by atoms with Crippen LogP contribution >= 0.6 is 0 Å². The van der Waals surface area contributed by atoms with Crippen molar-refractivity contribution in [1.29, 1.82) is 0 Å². The maximum atomic E-state index is 11.1. The van der Waals surface area contributed by atoms with Crippen molar-refractivity contribution < 1.29 is 14.6 Å². The van der Waals surface area contributed by atoms with E-state index in [1.807, 2.05) is 0 Å². The van der Waals surface area contributed by atoms with Crippen LogP contribution in [0.4, 0.5) is 0 Å². The molecule has 0 spiro atoms. The van der Waals surface area contributed by atoms with Gasteiger partial charge in [0.05, 0.1) is 0 Å². The van der Waals surface area contributed by atoms with Crippen molar-refractivity contribution in [2.45, 2.75) is 84.2 Å². The van der Waals surface area contributed by atoms with Crippen molar-refractivity contribution >= 4 is 5.97 Å². The summed E-state index contributed by atoms with van der Waals surface area (Å²) in [6.45, 7) is 3.85. The van der Waals surface area contributed by atoms with Crippen LogP contribution in [-0.4, -0.2) is 23.8 Å². The van der Waals surface area contributed by atoms with Crippen LogP contribution in [0.15, 0.2) is 0 Å². The smallest absolute Gasteiger partial charge is 0.332 e. The Bertz CT molecular complexity index is 192. The van der Waals surface area contributed by atoms with E-state index in [4.69, 9.17) is 9.84 Å². The minimum atomic E-state index is -0.501. The second kappa shape index (κ2) is 12.9. The maximum absolute atomic E-state index is 11.1. The molecule has 3 nitrogen and oxygen atoms in total. The molecular weight excluding hydrogens is 228 g/mol. The number of carbonyl (C=O) groups excluding carboxylic acids is 1. The molecular formula is C15H30O3. The minimum absolute atomic E-state index is 0.00998. The number of ether oxygens (including phenoxy) is 1. The summed E-state index contributed by atoms with van der Waals surface area (Å²) >= 11 is 0. The largest absolute Gasteiger partial charge is 0.461 e. The van der Waals surface area contributed by atoms with Gasteiger partial charge in [0.2, 0.25) is 0 Å². The van der Waals surface area contributed by atoms with Crippen molar-refractivity contribution in [3.05, 3.63) is 0 Å². The van der Waals surface area contributed by atoms with E-state index < -0.39 is 12.6 Å². The van der Waals surface area contributed by atoms with E-state index in [-0.39, 0.29) is 6.10 Å². The van der Waals surface area contributed by atoms with Crippen LogP contribution in [0.25, 0.3) is 0 Å². The van der Waals surface area contributed by atoms with Gasteiger partial charge in [-0.05, 0) is 19.3 Å². The van der Waals surface area contributed by atoms with Crippen LogP contribution in [0.2, 0.25) is 0 Å². The molecule has 0 fully saturated rings. The van der Waals surface area contributed by atoms with Gasteiger partial charge in [0.25, 0.3) is 0 Å². The minimum Gasteiger partial charge on any atom is -0.461 e. The van der Waals surface area contributed by atoms with Crippen LogP contribution in [0, 0.1) is 0 Å². The number of hydrogen-bond donors (Lipinski definition) is 1. The molecule has 1 unspecified atom stereocenters. The third-order valence-electron chi connectivity index (χ3n) is 3.19. The zero-order valence-electron chi connectivity index (χ0n) is 12.1. The summed E-state index contributed by atoms with van der Waals surface area (Å²) < 4.78 is 5.24. The number of aliphatic hydroxyl groups is 1. The van der Waals surface area contributed by atoms with Crippen molar-refractivity contribution in [2.24, 2.45) is 0 Å². The number of aliphatic hydroxyl groups excluding tert-OH is 1. The fourth-order valence-electron chi connectivity index (χ4n) is 2.07. The third kappa shape index (κ3) is 10.6. The molecule has 0 radical (unpaired) electrons. The highest BCUT2D eigenvalue weighted by molar-refractivity contribution is 5.70. The van der Waals surface area contributed by atoms with E-state index in [2.05, 4.69) is 13.8 Å². The average molecular weight is 258 g/mol. The molecule has 0 aromatic rings. The van der Waals surface area contributed by atoms with E-state index in [0.29, 0.717) is 0 Å². The molecule has 0 aromatic heterocycles. The summed E-state index contributed by atoms with van der Waals surface area (Å²) in [4.78, 5) is 11.1. The van der Waals surface area contributed by atoms with Gasteiger partial charge >= 0.3 is 5.97 Å². The second-order valence-electron chi connectivity index (χ2n) is 4.97. The molecule has 0 amide bonds. The standard InChI is InChI=1S/C15H30O3/c1-3-5-7-8-9-10-12-14(11-6-4-2)18-15(17)13-16/h14,16H,3-13H2,1-2H3. The van der Waals surface area contributed by atoms with Gasteiger partial charge in [-0.15, -0.1) is 0 Å². The molecule has 0 saturated heterocycles. The van der Waals surface area contributed by atoms with Crippen molar-refractivity contribution in [2.75, 3.05) is 6.61 Å². The summed E-state index contributed by atoms with van der Waals surface area (Å²) in [5.41, 5.74) is 0. The first kappa shape index (κ1) is 17.4. The predicted molar refractivity (Wildman–Crippen MR) is 74.5 cm³/mol. The Hall–Kier alpha value is -0.570. The highest BCUT2D eigenvalue weighted by Gasteiger charge is 2.12. The van der Waals surface area contributed by atoms with Gasteiger partial charge in [-0.25, -0.2) is 4.79 Å².